The lowest BCUT2D eigenvalue weighted by Gasteiger charge is -1.94. The third-order valence-electron chi connectivity index (χ3n) is 2.47. The lowest BCUT2D eigenvalue weighted by atomic mass is 10.3. The summed E-state index contributed by atoms with van der Waals surface area (Å²) in [5, 5.41) is 0. The predicted molar refractivity (Wildman–Crippen MR) is 66.0 cm³/mol. The molecule has 3 aromatic rings. The summed E-state index contributed by atoms with van der Waals surface area (Å²) in [5.74, 6) is 0.664. The number of nitrogens with zero attached hydrogens (tertiary/aromatic N) is 2. The van der Waals surface area contributed by atoms with Crippen molar-refractivity contribution in [2.75, 3.05) is 0 Å². The monoisotopic (exact) mass is 290 g/mol. The molecule has 0 fully saturated rings. The molecular formula is C12H7BrN2O2. The fourth-order valence-corrected chi connectivity index (χ4v) is 2.01. The van der Waals surface area contributed by atoms with Gasteiger partial charge in [0.1, 0.15) is 11.3 Å². The van der Waals surface area contributed by atoms with Crippen molar-refractivity contribution in [3.05, 3.63) is 46.9 Å². The Morgan fingerprint density at radius 2 is 2.18 bits per heavy atom. The summed E-state index contributed by atoms with van der Waals surface area (Å²) in [5.41, 5.74) is 1.98. The first kappa shape index (κ1) is 10.3. The van der Waals surface area contributed by atoms with Gasteiger partial charge < -0.3 is 4.42 Å². The average molecular weight is 291 g/mol. The van der Waals surface area contributed by atoms with Gasteiger partial charge in [0.2, 0.25) is 0 Å². The van der Waals surface area contributed by atoms with Gasteiger partial charge in [-0.3, -0.25) is 9.20 Å². The number of aromatic nitrogens is 2. The number of pyridine rings is 1. The highest BCUT2D eigenvalue weighted by atomic mass is 79.9. The zero-order valence-corrected chi connectivity index (χ0v) is 10.2. The molecule has 0 aromatic carbocycles. The number of rotatable bonds is 2. The highest BCUT2D eigenvalue weighted by Crippen LogP contribution is 2.24. The molecule has 17 heavy (non-hydrogen) atoms. The minimum atomic E-state index is 0.562. The Morgan fingerprint density at radius 1 is 1.29 bits per heavy atom. The molecule has 0 bridgehead atoms. The summed E-state index contributed by atoms with van der Waals surface area (Å²) in [7, 11) is 0. The van der Waals surface area contributed by atoms with Crippen LogP contribution in [0, 0.1) is 0 Å². The highest BCUT2D eigenvalue weighted by Gasteiger charge is 2.09. The van der Waals surface area contributed by atoms with Crippen molar-refractivity contribution >= 4 is 27.9 Å². The molecule has 84 valence electrons. The maximum Gasteiger partial charge on any atom is 0.169 e. The lowest BCUT2D eigenvalue weighted by Crippen LogP contribution is -1.91. The van der Waals surface area contributed by atoms with Gasteiger partial charge in [-0.05, 0) is 40.2 Å². The number of furan rings is 1. The quantitative estimate of drug-likeness (QED) is 0.681. The maximum absolute atomic E-state index is 10.9. The van der Waals surface area contributed by atoms with Gasteiger partial charge in [-0.25, -0.2) is 4.98 Å². The molecule has 4 nitrogen and oxygen atoms in total. The molecule has 0 aliphatic carbocycles. The van der Waals surface area contributed by atoms with Gasteiger partial charge in [-0.15, -0.1) is 0 Å². The lowest BCUT2D eigenvalue weighted by molar-refractivity contribution is 0.111. The second kappa shape index (κ2) is 3.85. The van der Waals surface area contributed by atoms with Gasteiger partial charge >= 0.3 is 0 Å². The number of aldehydes is 1. The fourth-order valence-electron chi connectivity index (χ4n) is 1.70. The fraction of sp³-hybridized carbons (Fsp3) is 0. The zero-order valence-electron chi connectivity index (χ0n) is 8.63. The summed E-state index contributed by atoms with van der Waals surface area (Å²) in [6.07, 6.45) is 2.58. The van der Waals surface area contributed by atoms with E-state index in [1.807, 2.05) is 12.1 Å². The van der Waals surface area contributed by atoms with Crippen LogP contribution >= 0.6 is 15.9 Å². The highest BCUT2D eigenvalue weighted by molar-refractivity contribution is 9.10. The molecule has 0 unspecified atom stereocenters. The first-order valence-electron chi connectivity index (χ1n) is 4.97. The van der Waals surface area contributed by atoms with Crippen LogP contribution in [0.2, 0.25) is 0 Å². The van der Waals surface area contributed by atoms with Crippen LogP contribution in [0.15, 0.2) is 45.6 Å². The van der Waals surface area contributed by atoms with Crippen molar-refractivity contribution in [1.29, 1.82) is 0 Å². The number of hydrogen-bond acceptors (Lipinski definition) is 3. The Bertz CT molecular complexity index is 699. The number of carbonyl (C=O) groups excluding carboxylic acids is 1. The van der Waals surface area contributed by atoms with E-state index in [1.54, 1.807) is 28.8 Å². The Kier molecular flexibility index (Phi) is 2.33. The molecule has 3 rings (SSSR count). The molecule has 3 aromatic heterocycles. The van der Waals surface area contributed by atoms with E-state index in [0.717, 1.165) is 11.9 Å². The van der Waals surface area contributed by atoms with Crippen LogP contribution in [-0.4, -0.2) is 15.7 Å². The van der Waals surface area contributed by atoms with Crippen molar-refractivity contribution in [2.45, 2.75) is 0 Å². The number of halogens is 1. The molecule has 0 amide bonds. The number of imidazole rings is 1. The number of hydrogen-bond donors (Lipinski definition) is 0. The molecule has 3 heterocycles. The predicted octanol–water partition coefficient (Wildman–Crippen LogP) is 3.17. The molecule has 0 aliphatic heterocycles. The minimum Gasteiger partial charge on any atom is -0.448 e. The summed E-state index contributed by atoms with van der Waals surface area (Å²) < 4.78 is 7.81. The summed E-state index contributed by atoms with van der Waals surface area (Å²) in [6, 6.07) is 9.01. The van der Waals surface area contributed by atoms with Gasteiger partial charge in [0, 0.05) is 6.20 Å². The second-order valence-electron chi connectivity index (χ2n) is 3.53. The van der Waals surface area contributed by atoms with E-state index in [-0.39, 0.29) is 0 Å². The topological polar surface area (TPSA) is 47.5 Å². The Balaban J connectivity index is 2.23. The van der Waals surface area contributed by atoms with E-state index in [1.165, 1.54) is 0 Å². The van der Waals surface area contributed by atoms with Crippen LogP contribution in [0.4, 0.5) is 0 Å². The van der Waals surface area contributed by atoms with Crippen LogP contribution in [0.1, 0.15) is 10.5 Å². The van der Waals surface area contributed by atoms with Gasteiger partial charge in [-0.1, -0.05) is 6.07 Å². The van der Waals surface area contributed by atoms with Gasteiger partial charge in [0.05, 0.1) is 5.69 Å². The average Bonchev–Trinajstić information content (AvgIpc) is 2.93. The molecule has 0 spiro atoms. The van der Waals surface area contributed by atoms with Gasteiger partial charge in [0.25, 0.3) is 0 Å². The third kappa shape index (κ3) is 1.68. The Labute approximate surface area is 105 Å². The number of carbonyl (C=O) groups is 1. The standard InChI is InChI=1S/C12H7BrN2O2/c13-11-5-4-10(17-11)9-6-15-8(7-16)2-1-3-12(15)14-9/h1-7H. The van der Waals surface area contributed by atoms with Crippen LogP contribution in [0.25, 0.3) is 17.1 Å². The smallest absolute Gasteiger partial charge is 0.169 e. The van der Waals surface area contributed by atoms with Crippen molar-refractivity contribution in [3.63, 3.8) is 0 Å². The molecule has 0 aliphatic rings. The molecule has 0 N–H and O–H groups in total. The Hall–Kier alpha value is -1.88. The molecule has 0 saturated heterocycles. The van der Waals surface area contributed by atoms with Crippen LogP contribution in [-0.2, 0) is 0 Å². The third-order valence-corrected chi connectivity index (χ3v) is 2.90. The summed E-state index contributed by atoms with van der Waals surface area (Å²) in [4.78, 5) is 15.3. The molecule has 0 radical (unpaired) electrons. The Morgan fingerprint density at radius 3 is 2.88 bits per heavy atom. The van der Waals surface area contributed by atoms with E-state index in [4.69, 9.17) is 4.42 Å². The van der Waals surface area contributed by atoms with E-state index in [0.29, 0.717) is 21.8 Å². The van der Waals surface area contributed by atoms with E-state index in [9.17, 15) is 4.79 Å². The molecule has 5 heteroatoms. The van der Waals surface area contributed by atoms with Crippen molar-refractivity contribution < 1.29 is 9.21 Å². The normalized spacial score (nSPS) is 10.9. The largest absolute Gasteiger partial charge is 0.448 e. The summed E-state index contributed by atoms with van der Waals surface area (Å²) in [6.45, 7) is 0. The SMILES string of the molecule is O=Cc1cccc2nc(-c3ccc(Br)o3)cn12. The van der Waals surface area contributed by atoms with E-state index >= 15 is 0 Å². The van der Waals surface area contributed by atoms with E-state index in [2.05, 4.69) is 20.9 Å². The first-order chi connectivity index (χ1) is 8.28. The van der Waals surface area contributed by atoms with Crippen molar-refractivity contribution in [2.24, 2.45) is 0 Å². The molecule has 0 atom stereocenters. The van der Waals surface area contributed by atoms with Crippen LogP contribution in [0.5, 0.6) is 0 Å². The van der Waals surface area contributed by atoms with Gasteiger partial charge in [0.15, 0.2) is 16.7 Å². The van der Waals surface area contributed by atoms with Gasteiger partial charge in [-0.2, -0.15) is 0 Å². The minimum absolute atomic E-state index is 0.562. The second-order valence-corrected chi connectivity index (χ2v) is 4.31. The number of fused-ring (bicyclic) bond motifs is 1. The van der Waals surface area contributed by atoms with Crippen LogP contribution in [0.3, 0.4) is 0 Å². The molecule has 0 saturated carbocycles. The maximum atomic E-state index is 10.9. The molecular weight excluding hydrogens is 284 g/mol. The first-order valence-corrected chi connectivity index (χ1v) is 5.76. The summed E-state index contributed by atoms with van der Waals surface area (Å²) >= 11 is 3.24. The van der Waals surface area contributed by atoms with Crippen LogP contribution < -0.4 is 0 Å². The van der Waals surface area contributed by atoms with Crippen molar-refractivity contribution in [3.8, 4) is 11.5 Å². The zero-order chi connectivity index (χ0) is 11.8. The van der Waals surface area contributed by atoms with E-state index < -0.39 is 0 Å². The van der Waals surface area contributed by atoms with Crippen molar-refractivity contribution in [1.82, 2.24) is 9.38 Å².